The molecule has 0 fully saturated rings. The van der Waals surface area contributed by atoms with Crippen LogP contribution < -0.4 is 19.7 Å². The number of amides is 2. The van der Waals surface area contributed by atoms with Crippen LogP contribution in [0.15, 0.2) is 48.5 Å². The van der Waals surface area contributed by atoms with Gasteiger partial charge in [-0.3, -0.25) is 13.9 Å². The number of carbonyl (C=O) groups excluding carboxylic acids is 2. The van der Waals surface area contributed by atoms with Gasteiger partial charge in [0.25, 0.3) is 5.91 Å². The minimum Gasteiger partial charge on any atom is -0.497 e. The summed E-state index contributed by atoms with van der Waals surface area (Å²) in [5.41, 5.74) is 1.23. The van der Waals surface area contributed by atoms with Crippen molar-refractivity contribution in [2.45, 2.75) is 19.3 Å². The average Bonchev–Trinajstić information content (AvgIpc) is 2.79. The third kappa shape index (κ3) is 8.39. The van der Waals surface area contributed by atoms with E-state index < -0.39 is 10.0 Å². The van der Waals surface area contributed by atoms with Crippen LogP contribution in [-0.4, -0.2) is 60.4 Å². The van der Waals surface area contributed by atoms with E-state index in [9.17, 15) is 18.0 Å². The number of para-hydroxylation sites is 1. The molecule has 0 bridgehead atoms. The molecule has 0 unspecified atom stereocenters. The number of anilines is 2. The van der Waals surface area contributed by atoms with Crippen LogP contribution in [0.1, 0.15) is 29.6 Å². The van der Waals surface area contributed by atoms with Gasteiger partial charge in [0, 0.05) is 39.3 Å². The first kappa shape index (κ1) is 26.1. The Morgan fingerprint density at radius 1 is 1.03 bits per heavy atom. The average molecular weight is 478 g/mol. The molecule has 0 saturated heterocycles. The highest BCUT2D eigenvalue weighted by Gasteiger charge is 2.19. The van der Waals surface area contributed by atoms with Crippen molar-refractivity contribution in [1.82, 2.24) is 5.32 Å². The predicted molar refractivity (Wildman–Crippen MR) is 128 cm³/mol. The summed E-state index contributed by atoms with van der Waals surface area (Å²) in [5, 5.41) is 5.55. The van der Waals surface area contributed by atoms with E-state index in [0.29, 0.717) is 48.7 Å². The molecule has 33 heavy (non-hydrogen) atoms. The molecule has 2 amide bonds. The number of methoxy groups -OCH3 is 2. The highest BCUT2D eigenvalue weighted by molar-refractivity contribution is 7.92. The van der Waals surface area contributed by atoms with Crippen LogP contribution in [0.3, 0.4) is 0 Å². The Balaban J connectivity index is 1.97. The normalized spacial score (nSPS) is 11.0. The number of nitrogens with one attached hydrogen (secondary N) is 2. The lowest BCUT2D eigenvalue weighted by Gasteiger charge is -2.22. The van der Waals surface area contributed by atoms with E-state index in [1.54, 1.807) is 55.6 Å². The SMILES string of the molecule is COCCCNC(=O)c1ccccc1NC(=O)CCCN(c1cccc(OC)c1)S(C)(=O)=O. The molecule has 180 valence electrons. The van der Waals surface area contributed by atoms with Crippen molar-refractivity contribution in [3.8, 4) is 5.75 Å². The Bertz CT molecular complexity index is 1040. The summed E-state index contributed by atoms with van der Waals surface area (Å²) in [4.78, 5) is 25.0. The second-order valence-corrected chi connectivity index (χ2v) is 9.24. The van der Waals surface area contributed by atoms with Crippen molar-refractivity contribution in [1.29, 1.82) is 0 Å². The molecule has 0 aliphatic carbocycles. The summed E-state index contributed by atoms with van der Waals surface area (Å²) in [6, 6.07) is 13.5. The van der Waals surface area contributed by atoms with E-state index in [-0.39, 0.29) is 24.8 Å². The molecule has 2 aromatic carbocycles. The van der Waals surface area contributed by atoms with Crippen molar-refractivity contribution in [3.63, 3.8) is 0 Å². The lowest BCUT2D eigenvalue weighted by atomic mass is 10.1. The zero-order valence-electron chi connectivity index (χ0n) is 19.2. The Labute approximate surface area is 195 Å². The van der Waals surface area contributed by atoms with Gasteiger partial charge in [-0.1, -0.05) is 18.2 Å². The quantitative estimate of drug-likeness (QED) is 0.429. The third-order valence-electron chi connectivity index (χ3n) is 4.76. The summed E-state index contributed by atoms with van der Waals surface area (Å²) in [6.45, 7) is 1.13. The largest absolute Gasteiger partial charge is 0.497 e. The summed E-state index contributed by atoms with van der Waals surface area (Å²) in [5.74, 6) is -0.0620. The molecule has 0 saturated carbocycles. The maximum atomic E-state index is 12.5. The molecule has 0 aliphatic rings. The zero-order chi connectivity index (χ0) is 24.3. The van der Waals surface area contributed by atoms with Crippen molar-refractivity contribution in [2.75, 3.05) is 49.8 Å². The standard InChI is InChI=1S/C23H31N3O6S/c1-31-16-8-14-24-23(28)20-11-4-5-12-21(20)25-22(27)13-7-15-26(33(3,29)30)18-9-6-10-19(17-18)32-2/h4-6,9-12,17H,7-8,13-16H2,1-3H3,(H,24,28)(H,25,27). The van der Waals surface area contributed by atoms with E-state index in [1.807, 2.05) is 0 Å². The summed E-state index contributed by atoms with van der Waals surface area (Å²) in [6.07, 6.45) is 2.18. The summed E-state index contributed by atoms with van der Waals surface area (Å²) >= 11 is 0. The first-order valence-electron chi connectivity index (χ1n) is 10.5. The van der Waals surface area contributed by atoms with Gasteiger partial charge >= 0.3 is 0 Å². The van der Waals surface area contributed by atoms with Crippen LogP contribution in [0, 0.1) is 0 Å². The van der Waals surface area contributed by atoms with Crippen LogP contribution in [0.4, 0.5) is 11.4 Å². The predicted octanol–water partition coefficient (Wildman–Crippen LogP) is 2.65. The number of rotatable bonds is 13. The molecule has 0 aliphatic heterocycles. The monoisotopic (exact) mass is 477 g/mol. The Morgan fingerprint density at radius 2 is 1.79 bits per heavy atom. The second-order valence-electron chi connectivity index (χ2n) is 7.34. The van der Waals surface area contributed by atoms with E-state index >= 15 is 0 Å². The number of hydrogen-bond donors (Lipinski definition) is 2. The lowest BCUT2D eigenvalue weighted by Crippen LogP contribution is -2.31. The Kier molecular flexibility index (Phi) is 10.1. The van der Waals surface area contributed by atoms with Crippen LogP contribution >= 0.6 is 0 Å². The molecule has 0 aromatic heterocycles. The van der Waals surface area contributed by atoms with Gasteiger partial charge in [-0.25, -0.2) is 8.42 Å². The van der Waals surface area contributed by atoms with E-state index in [2.05, 4.69) is 10.6 Å². The first-order valence-corrected chi connectivity index (χ1v) is 12.4. The number of carbonyl (C=O) groups is 2. The number of ether oxygens (including phenoxy) is 2. The number of hydrogen-bond acceptors (Lipinski definition) is 6. The van der Waals surface area contributed by atoms with Crippen LogP contribution in [0.2, 0.25) is 0 Å². The number of nitrogens with zero attached hydrogens (tertiary/aromatic N) is 1. The molecule has 0 heterocycles. The van der Waals surface area contributed by atoms with Gasteiger partial charge in [-0.2, -0.15) is 0 Å². The zero-order valence-corrected chi connectivity index (χ0v) is 20.0. The number of sulfonamides is 1. The van der Waals surface area contributed by atoms with Crippen LogP contribution in [0.5, 0.6) is 5.75 Å². The van der Waals surface area contributed by atoms with Crippen molar-refractivity contribution >= 4 is 33.2 Å². The molecule has 10 heteroatoms. The smallest absolute Gasteiger partial charge is 0.253 e. The number of benzene rings is 2. The van der Waals surface area contributed by atoms with Crippen molar-refractivity contribution in [2.24, 2.45) is 0 Å². The fraction of sp³-hybridized carbons (Fsp3) is 0.391. The topological polar surface area (TPSA) is 114 Å². The van der Waals surface area contributed by atoms with Gasteiger partial charge in [0.2, 0.25) is 15.9 Å². The fourth-order valence-electron chi connectivity index (χ4n) is 3.15. The molecule has 0 atom stereocenters. The van der Waals surface area contributed by atoms with Crippen LogP contribution in [0.25, 0.3) is 0 Å². The third-order valence-corrected chi connectivity index (χ3v) is 5.96. The lowest BCUT2D eigenvalue weighted by molar-refractivity contribution is -0.116. The molecule has 2 rings (SSSR count). The van der Waals surface area contributed by atoms with Gasteiger partial charge in [-0.15, -0.1) is 0 Å². The van der Waals surface area contributed by atoms with Gasteiger partial charge < -0.3 is 20.1 Å². The van der Waals surface area contributed by atoms with Crippen LogP contribution in [-0.2, 0) is 19.6 Å². The van der Waals surface area contributed by atoms with E-state index in [4.69, 9.17) is 9.47 Å². The van der Waals surface area contributed by atoms with Crippen molar-refractivity contribution in [3.05, 3.63) is 54.1 Å². The van der Waals surface area contributed by atoms with Gasteiger partial charge in [0.15, 0.2) is 0 Å². The van der Waals surface area contributed by atoms with Gasteiger partial charge in [0.05, 0.1) is 30.3 Å². The Hall–Kier alpha value is -3.11. The van der Waals surface area contributed by atoms with E-state index in [0.717, 1.165) is 6.26 Å². The molecule has 0 radical (unpaired) electrons. The molecule has 2 aromatic rings. The molecular weight excluding hydrogens is 446 g/mol. The highest BCUT2D eigenvalue weighted by Crippen LogP contribution is 2.23. The van der Waals surface area contributed by atoms with Gasteiger partial charge in [-0.05, 0) is 37.1 Å². The molecule has 0 spiro atoms. The minimum atomic E-state index is -3.55. The summed E-state index contributed by atoms with van der Waals surface area (Å²) in [7, 11) is -0.445. The minimum absolute atomic E-state index is 0.0831. The maximum Gasteiger partial charge on any atom is 0.253 e. The summed E-state index contributed by atoms with van der Waals surface area (Å²) < 4.78 is 35.9. The molecule has 2 N–H and O–H groups in total. The molecular formula is C23H31N3O6S. The van der Waals surface area contributed by atoms with Crippen molar-refractivity contribution < 1.29 is 27.5 Å². The second kappa shape index (κ2) is 12.8. The first-order chi connectivity index (χ1) is 15.8. The Morgan fingerprint density at radius 3 is 2.48 bits per heavy atom. The highest BCUT2D eigenvalue weighted by atomic mass is 32.2. The maximum absolute atomic E-state index is 12.5. The fourth-order valence-corrected chi connectivity index (χ4v) is 4.11. The van der Waals surface area contributed by atoms with Gasteiger partial charge in [0.1, 0.15) is 5.75 Å². The molecule has 9 nitrogen and oxygen atoms in total. The van der Waals surface area contributed by atoms with E-state index in [1.165, 1.54) is 11.4 Å².